The van der Waals surface area contributed by atoms with E-state index in [4.69, 9.17) is 0 Å². The van der Waals surface area contributed by atoms with Gasteiger partial charge in [-0.15, -0.1) is 0 Å². The van der Waals surface area contributed by atoms with Gasteiger partial charge in [0.2, 0.25) is 0 Å². The molecule has 1 nitrogen and oxygen atoms in total. The molecule has 3 atom stereocenters. The summed E-state index contributed by atoms with van der Waals surface area (Å²) in [4.78, 5) is 12.0. The fourth-order valence-corrected chi connectivity index (χ4v) is 4.41. The fraction of sp³-hybridized carbons (Fsp3) is 0.750. The molecule has 2 aliphatic rings. The van der Waals surface area contributed by atoms with E-state index in [1.807, 2.05) is 31.6 Å². The van der Waals surface area contributed by atoms with Gasteiger partial charge in [0.05, 0.1) is 0 Å². The van der Waals surface area contributed by atoms with Crippen LogP contribution in [0.2, 0.25) is 3.12 Å². The fourth-order valence-electron chi connectivity index (χ4n) is 2.96. The van der Waals surface area contributed by atoms with Gasteiger partial charge in [-0.1, -0.05) is 0 Å². The van der Waals surface area contributed by atoms with Gasteiger partial charge in [-0.25, -0.2) is 0 Å². The van der Waals surface area contributed by atoms with Crippen molar-refractivity contribution in [1.82, 2.24) is 0 Å². The molecule has 2 rings (SSSR count). The first-order valence-electron chi connectivity index (χ1n) is 5.31. The Morgan fingerprint density at radius 3 is 2.50 bits per heavy atom. The molecule has 0 heterocycles. The van der Waals surface area contributed by atoms with Crippen LogP contribution in [0.4, 0.5) is 0 Å². The van der Waals surface area contributed by atoms with Crippen LogP contribution in [-0.2, 0) is 4.79 Å². The summed E-state index contributed by atoms with van der Waals surface area (Å²) in [7, 11) is 0. The van der Waals surface area contributed by atoms with Gasteiger partial charge in [-0.05, 0) is 0 Å². The number of hydrogen-bond donors (Lipinski definition) is 0. The van der Waals surface area contributed by atoms with Crippen molar-refractivity contribution in [2.75, 3.05) is 0 Å². The zero-order valence-corrected chi connectivity index (χ0v) is 12.0. The third kappa shape index (κ3) is 1.71. The summed E-state index contributed by atoms with van der Waals surface area (Å²) in [5, 5.41) is 0. The summed E-state index contributed by atoms with van der Waals surface area (Å²) in [6, 6.07) is 0. The van der Waals surface area contributed by atoms with Crippen molar-refractivity contribution in [1.29, 1.82) is 0 Å². The van der Waals surface area contributed by atoms with Gasteiger partial charge in [-0.2, -0.15) is 0 Å². The van der Waals surface area contributed by atoms with Crippen LogP contribution in [0.25, 0.3) is 0 Å². The monoisotopic (exact) mass is 387 g/mol. The molecular weight excluding hydrogens is 370 g/mol. The number of carbonyl (C=O) groups is 1. The minimum atomic E-state index is 0.340. The van der Waals surface area contributed by atoms with Gasteiger partial charge in [0.25, 0.3) is 0 Å². The molecule has 2 heteroatoms. The average Bonchev–Trinajstić information content (AvgIpc) is 2.09. The molecule has 0 saturated heterocycles. The second-order valence-electron chi connectivity index (χ2n) is 5.12. The molecule has 2 aliphatic carbocycles. The summed E-state index contributed by atoms with van der Waals surface area (Å²) in [6.07, 6.45) is 3.53. The molecule has 0 spiro atoms. The van der Waals surface area contributed by atoms with Crippen molar-refractivity contribution < 1.29 is 29.5 Å². The summed E-state index contributed by atoms with van der Waals surface area (Å²) < 4.78 is 0.422. The van der Waals surface area contributed by atoms with E-state index < -0.39 is 0 Å². The Bertz CT molecular complexity index is 314. The normalized spacial score (nSPS) is 43.0. The molecule has 0 aliphatic heterocycles. The summed E-state index contributed by atoms with van der Waals surface area (Å²) in [5.41, 5.74) is 2.43. The molecule has 78 valence electrons. The number of Topliss-reactive ketones (excluding diaryl/α,β-unsaturated/α-hetero) is 1. The first-order chi connectivity index (χ1) is 6.41. The molecule has 0 radical (unpaired) electrons. The van der Waals surface area contributed by atoms with E-state index in [0.717, 1.165) is 18.4 Å². The number of fused-ring (bicyclic) bond motifs is 2. The van der Waals surface area contributed by atoms with Gasteiger partial charge in [-0.3, -0.25) is 0 Å². The number of ketones is 1. The maximum absolute atomic E-state index is 12.0. The Morgan fingerprint density at radius 2 is 1.86 bits per heavy atom. The van der Waals surface area contributed by atoms with E-state index in [2.05, 4.69) is 13.8 Å². The quantitative estimate of drug-likeness (QED) is 0.625. The predicted octanol–water partition coefficient (Wildman–Crippen LogP) is 3.05. The summed E-state index contributed by atoms with van der Waals surface area (Å²) >= 11 is 1.87. The zero-order valence-electron chi connectivity index (χ0n) is 9.06. The van der Waals surface area contributed by atoms with Crippen molar-refractivity contribution in [3.8, 4) is 0 Å². The standard InChI is InChI=1S/C12H17AtO/c1-7-8(2)11(14)10-4-9(7)5-12(3,13)6-10/h9-10H,4-6H2,1-3H3. The Kier molecular flexibility index (Phi) is 2.63. The van der Waals surface area contributed by atoms with Gasteiger partial charge in [0.1, 0.15) is 0 Å². The van der Waals surface area contributed by atoms with Crippen LogP contribution in [0.3, 0.4) is 0 Å². The van der Waals surface area contributed by atoms with Crippen LogP contribution in [-0.4, -0.2) is 5.78 Å². The SMILES string of the molecule is CC1=C(C)C2CC(CC(C)([At])C2)C1=O. The van der Waals surface area contributed by atoms with Gasteiger partial charge >= 0.3 is 101 Å². The van der Waals surface area contributed by atoms with Crippen LogP contribution in [0.15, 0.2) is 11.1 Å². The molecule has 0 aromatic carbocycles. The van der Waals surface area contributed by atoms with Crippen molar-refractivity contribution in [2.24, 2.45) is 11.8 Å². The first-order valence-corrected chi connectivity index (χ1v) is 6.78. The molecule has 2 bridgehead atoms. The van der Waals surface area contributed by atoms with Gasteiger partial charge in [0.15, 0.2) is 0 Å². The van der Waals surface area contributed by atoms with Gasteiger partial charge in [0, 0.05) is 0 Å². The maximum atomic E-state index is 12.0. The first kappa shape index (κ1) is 10.8. The second-order valence-corrected chi connectivity index (χ2v) is 8.67. The Hall–Kier alpha value is 0.293. The van der Waals surface area contributed by atoms with Crippen LogP contribution in [0, 0.1) is 36.6 Å². The molecule has 1 fully saturated rings. The third-order valence-electron chi connectivity index (χ3n) is 3.86. The Labute approximate surface area is 101 Å². The number of rotatable bonds is 0. The van der Waals surface area contributed by atoms with E-state index >= 15 is 0 Å². The molecule has 3 unspecified atom stereocenters. The molecule has 14 heavy (non-hydrogen) atoms. The molecule has 0 N–H and O–H groups in total. The Balaban J connectivity index is 2.38. The zero-order chi connectivity index (χ0) is 10.5. The van der Waals surface area contributed by atoms with E-state index in [0.29, 0.717) is 20.7 Å². The van der Waals surface area contributed by atoms with E-state index in [9.17, 15) is 4.79 Å². The summed E-state index contributed by atoms with van der Waals surface area (Å²) in [5.74, 6) is 1.47. The average molecular weight is 387 g/mol. The van der Waals surface area contributed by atoms with Crippen LogP contribution >= 0.6 is 0 Å². The predicted molar refractivity (Wildman–Crippen MR) is 52.6 cm³/mol. The third-order valence-corrected chi connectivity index (χ3v) is 5.06. The van der Waals surface area contributed by atoms with Crippen LogP contribution < -0.4 is 0 Å². The second kappa shape index (κ2) is 3.40. The van der Waals surface area contributed by atoms with E-state index in [-0.39, 0.29) is 0 Å². The van der Waals surface area contributed by atoms with Crippen molar-refractivity contribution in [3.05, 3.63) is 11.1 Å². The number of carbonyl (C=O) groups excluding carboxylic acids is 1. The van der Waals surface area contributed by atoms with Crippen molar-refractivity contribution >= 4 is 5.78 Å². The van der Waals surface area contributed by atoms with Crippen LogP contribution in [0.1, 0.15) is 40.0 Å². The topological polar surface area (TPSA) is 17.1 Å². The van der Waals surface area contributed by atoms with Crippen molar-refractivity contribution in [3.63, 3.8) is 0 Å². The van der Waals surface area contributed by atoms with Crippen molar-refractivity contribution in [2.45, 2.75) is 43.2 Å². The van der Waals surface area contributed by atoms with E-state index in [1.54, 1.807) is 0 Å². The number of allylic oxidation sites excluding steroid dienone is 2. The molecule has 0 amide bonds. The minimum absolute atomic E-state index is 0.340. The molecule has 0 aromatic rings. The summed E-state index contributed by atoms with van der Waals surface area (Å²) in [6.45, 7) is 6.49. The van der Waals surface area contributed by atoms with Gasteiger partial charge < -0.3 is 0 Å². The Morgan fingerprint density at radius 1 is 1.29 bits per heavy atom. The molecule has 1 saturated carbocycles. The van der Waals surface area contributed by atoms with E-state index in [1.165, 1.54) is 12.0 Å². The molecular formula is C12H17AtO. The van der Waals surface area contributed by atoms with Crippen LogP contribution in [0.5, 0.6) is 0 Å². The number of hydrogen-bond acceptors (Lipinski definition) is 1. The molecule has 0 aromatic heterocycles.